The molecule has 2 amide bonds. The predicted octanol–water partition coefficient (Wildman–Crippen LogP) is 5.62. The molecule has 4 aromatic heterocycles. The monoisotopic (exact) mass is 787 g/mol. The van der Waals surface area contributed by atoms with E-state index >= 15 is 0 Å². The van der Waals surface area contributed by atoms with Crippen LogP contribution in [0, 0.1) is 11.8 Å². The maximum Gasteiger partial charge on any atom is 0.320 e. The van der Waals surface area contributed by atoms with Crippen LogP contribution in [0.15, 0.2) is 49.1 Å². The van der Waals surface area contributed by atoms with Crippen LogP contribution >= 0.6 is 11.6 Å². The molecule has 0 spiro atoms. The second kappa shape index (κ2) is 16.2. The van der Waals surface area contributed by atoms with Gasteiger partial charge in [0.25, 0.3) is 0 Å². The van der Waals surface area contributed by atoms with Crippen LogP contribution in [0.3, 0.4) is 0 Å². The highest BCUT2D eigenvalue weighted by atomic mass is 35.5. The number of amides is 2. The zero-order valence-electron chi connectivity index (χ0n) is 29.8. The van der Waals surface area contributed by atoms with Crippen molar-refractivity contribution < 1.29 is 41.4 Å². The van der Waals surface area contributed by atoms with Crippen molar-refractivity contribution in [2.75, 3.05) is 44.3 Å². The van der Waals surface area contributed by atoms with E-state index in [9.17, 15) is 27.2 Å². The molecule has 3 aliphatic heterocycles. The molecule has 5 aromatic rings. The average Bonchev–Trinajstić information content (AvgIpc) is 3.99. The van der Waals surface area contributed by atoms with Crippen molar-refractivity contribution in [3.8, 4) is 23.0 Å². The second-order valence-electron chi connectivity index (χ2n) is 13.5. The molecule has 0 bridgehead atoms. The lowest BCUT2D eigenvalue weighted by Crippen LogP contribution is -2.36. The number of nitrogens with one attached hydrogen (secondary N) is 2. The summed E-state index contributed by atoms with van der Waals surface area (Å²) in [5, 5.41) is 5.59. The Hall–Kier alpha value is -5.23. The number of carbonyl (C=O) groups is 2. The van der Waals surface area contributed by atoms with Gasteiger partial charge in [-0.25, -0.2) is 15.0 Å². The molecule has 14 nitrogen and oxygen atoms in total. The molecular formula is C36H38ClF4N9O5. The fourth-order valence-corrected chi connectivity index (χ4v) is 6.94. The first kappa shape index (κ1) is 38.1. The van der Waals surface area contributed by atoms with Gasteiger partial charge in [-0.2, -0.15) is 22.5 Å². The van der Waals surface area contributed by atoms with Gasteiger partial charge in [0, 0.05) is 68.2 Å². The number of fused-ring (bicyclic) bond motifs is 2. The van der Waals surface area contributed by atoms with Crippen molar-refractivity contribution in [3.05, 3.63) is 54.2 Å². The van der Waals surface area contributed by atoms with Crippen molar-refractivity contribution in [2.24, 2.45) is 11.8 Å². The molecule has 2 N–H and O–H groups in total. The van der Waals surface area contributed by atoms with Crippen molar-refractivity contribution in [3.63, 3.8) is 0 Å². The highest BCUT2D eigenvalue weighted by Gasteiger charge is 2.31. The van der Waals surface area contributed by atoms with E-state index in [0.29, 0.717) is 54.9 Å². The molecule has 0 aliphatic carbocycles. The molecule has 55 heavy (non-hydrogen) atoms. The Balaban J connectivity index is 0.000000184. The molecule has 7 heterocycles. The molecular weight excluding hydrogens is 750 g/mol. The first-order valence-electron chi connectivity index (χ1n) is 17.7. The maximum absolute atomic E-state index is 13.6. The van der Waals surface area contributed by atoms with Gasteiger partial charge < -0.3 is 29.7 Å². The summed E-state index contributed by atoms with van der Waals surface area (Å²) in [7, 11) is 0. The van der Waals surface area contributed by atoms with Gasteiger partial charge in [-0.1, -0.05) is 23.7 Å². The van der Waals surface area contributed by atoms with E-state index in [1.165, 1.54) is 6.07 Å². The molecule has 4 atom stereocenters. The number of rotatable bonds is 10. The molecule has 0 unspecified atom stereocenters. The predicted molar refractivity (Wildman–Crippen MR) is 193 cm³/mol. The average molecular weight is 788 g/mol. The SMILES string of the molecule is C[C@@H](Oc1nc(-c2ccc(N3CCOCC3)cc2)cc2ncn(C(F)F)c12)[C@H]1CNC(=O)C1.C[C@@H](Oc1nc(Cl)cc2ncn(C(F)F)c12)[C@H]1CNC(=O)C1. The summed E-state index contributed by atoms with van der Waals surface area (Å²) in [4.78, 5) is 41.8. The quantitative estimate of drug-likeness (QED) is 0.135. The minimum Gasteiger partial charge on any atom is -0.473 e. The van der Waals surface area contributed by atoms with Crippen molar-refractivity contribution in [1.29, 1.82) is 0 Å². The van der Waals surface area contributed by atoms with Gasteiger partial charge in [0.05, 0.1) is 29.9 Å². The summed E-state index contributed by atoms with van der Waals surface area (Å²) in [5.41, 5.74) is 3.39. The molecule has 19 heteroatoms. The summed E-state index contributed by atoms with van der Waals surface area (Å²) in [6.07, 6.45) is 2.01. The Morgan fingerprint density at radius 1 is 0.782 bits per heavy atom. The molecule has 292 valence electrons. The van der Waals surface area contributed by atoms with Crippen molar-refractivity contribution in [1.82, 2.24) is 39.7 Å². The number of ether oxygens (including phenoxy) is 3. The number of pyridine rings is 2. The molecule has 3 aliphatic rings. The number of imidazole rings is 2. The first-order chi connectivity index (χ1) is 26.4. The minimum absolute atomic E-state index is 0.00727. The standard InChI is InChI=1S/C23H25F2N5O3.C13H13ClF2N4O2/c1-14(16-10-20(31)26-12-16)33-22-21-19(27-13-30(21)23(24)25)11-18(28-22)15-2-4-17(5-3-15)29-6-8-32-9-7-29;1-6(7-2-10(21)17-4-7)22-12-11-8(3-9(14)19-12)18-5-20(11)13(15)16/h2-5,11,13-14,16,23H,6-10,12H2,1H3,(H,26,31);3,5-7,13H,2,4H2,1H3,(H,17,21)/t14-,16-;6-,7-/m11/s1. The Kier molecular flexibility index (Phi) is 11.2. The zero-order valence-corrected chi connectivity index (χ0v) is 30.6. The largest absolute Gasteiger partial charge is 0.473 e. The summed E-state index contributed by atoms with van der Waals surface area (Å²) in [6.45, 7) is 2.10. The van der Waals surface area contributed by atoms with Crippen LogP contribution in [-0.4, -0.2) is 92.5 Å². The Morgan fingerprint density at radius 2 is 1.29 bits per heavy atom. The van der Waals surface area contributed by atoms with Gasteiger partial charge in [0.2, 0.25) is 23.6 Å². The lowest BCUT2D eigenvalue weighted by atomic mass is 10.0. The number of morpholine rings is 1. The fourth-order valence-electron chi connectivity index (χ4n) is 6.76. The number of alkyl halides is 4. The van der Waals surface area contributed by atoms with Crippen molar-refractivity contribution in [2.45, 2.75) is 52.0 Å². The summed E-state index contributed by atoms with van der Waals surface area (Å²) < 4.78 is 72.0. The lowest BCUT2D eigenvalue weighted by Gasteiger charge is -2.28. The molecule has 0 saturated carbocycles. The summed E-state index contributed by atoms with van der Waals surface area (Å²) in [6, 6.07) is 11.0. The number of nitrogens with zero attached hydrogens (tertiary/aromatic N) is 7. The Morgan fingerprint density at radius 3 is 1.78 bits per heavy atom. The maximum atomic E-state index is 13.6. The number of anilines is 1. The van der Waals surface area contributed by atoms with Crippen LogP contribution in [-0.2, 0) is 14.3 Å². The number of benzene rings is 1. The molecule has 8 rings (SSSR count). The van der Waals surface area contributed by atoms with Crippen LogP contribution in [0.25, 0.3) is 33.3 Å². The van der Waals surface area contributed by atoms with Crippen LogP contribution in [0.4, 0.5) is 23.2 Å². The van der Waals surface area contributed by atoms with E-state index in [4.69, 9.17) is 25.8 Å². The third-order valence-corrected chi connectivity index (χ3v) is 10.1. The lowest BCUT2D eigenvalue weighted by molar-refractivity contribution is -0.120. The van der Waals surface area contributed by atoms with Crippen molar-refractivity contribution >= 4 is 51.2 Å². The number of carbonyl (C=O) groups excluding carboxylic acids is 2. The smallest absolute Gasteiger partial charge is 0.320 e. The minimum atomic E-state index is -2.78. The third kappa shape index (κ3) is 8.39. The number of hydrogen-bond acceptors (Lipinski definition) is 10. The molecule has 3 saturated heterocycles. The van der Waals surface area contributed by atoms with Gasteiger partial charge in [0.15, 0.2) is 0 Å². The van der Waals surface area contributed by atoms with Crippen LogP contribution in [0.5, 0.6) is 11.8 Å². The Labute approximate surface area is 317 Å². The molecule has 3 fully saturated rings. The zero-order chi connectivity index (χ0) is 38.8. The van der Waals surface area contributed by atoms with E-state index in [1.807, 2.05) is 31.2 Å². The van der Waals surface area contributed by atoms with Crippen LogP contribution < -0.4 is 25.0 Å². The van der Waals surface area contributed by atoms with Crippen LogP contribution in [0.2, 0.25) is 5.15 Å². The topological polar surface area (TPSA) is 151 Å². The van der Waals surface area contributed by atoms with Gasteiger partial charge >= 0.3 is 13.1 Å². The number of aromatic nitrogens is 6. The number of hydrogen-bond donors (Lipinski definition) is 2. The van der Waals surface area contributed by atoms with E-state index in [1.54, 1.807) is 13.0 Å². The van der Waals surface area contributed by atoms with Gasteiger partial charge in [-0.3, -0.25) is 18.7 Å². The third-order valence-electron chi connectivity index (χ3n) is 9.91. The second-order valence-corrected chi connectivity index (χ2v) is 13.9. The van der Waals surface area contributed by atoms with Gasteiger partial charge in [-0.15, -0.1) is 0 Å². The van der Waals surface area contributed by atoms with E-state index in [2.05, 4.69) is 35.5 Å². The summed E-state index contributed by atoms with van der Waals surface area (Å²) in [5.74, 6) is -0.126. The summed E-state index contributed by atoms with van der Waals surface area (Å²) >= 11 is 5.88. The normalized spacial score (nSPS) is 19.8. The van der Waals surface area contributed by atoms with E-state index in [0.717, 1.165) is 41.6 Å². The van der Waals surface area contributed by atoms with E-state index < -0.39 is 13.1 Å². The van der Waals surface area contributed by atoms with E-state index in [-0.39, 0.29) is 69.3 Å². The highest BCUT2D eigenvalue weighted by Crippen LogP contribution is 2.34. The Bertz CT molecular complexity index is 2160. The first-order valence-corrected chi connectivity index (χ1v) is 18.1. The number of halogens is 5. The van der Waals surface area contributed by atoms with Crippen LogP contribution in [0.1, 0.15) is 39.8 Å². The van der Waals surface area contributed by atoms with Gasteiger partial charge in [-0.05, 0) is 32.0 Å². The molecule has 0 radical (unpaired) electrons. The fraction of sp³-hybridized carbons (Fsp3) is 0.444. The van der Waals surface area contributed by atoms with Gasteiger partial charge in [0.1, 0.15) is 41.0 Å². The highest BCUT2D eigenvalue weighted by molar-refractivity contribution is 6.30. The molecule has 1 aromatic carbocycles.